The molecule has 0 aliphatic heterocycles. The fourth-order valence-corrected chi connectivity index (χ4v) is 0. The minimum absolute atomic E-state index is 0. The molecule has 26 valence electrons. The van der Waals surface area contributed by atoms with E-state index in [1.54, 1.807) is 0 Å². The number of rotatable bonds is 0. The van der Waals surface area contributed by atoms with Crippen LogP contribution in [0.25, 0.3) is 0 Å². The van der Waals surface area contributed by atoms with Gasteiger partial charge in [0.05, 0.1) is 0 Å². The Hall–Kier alpha value is -0.260. The Labute approximate surface area is 28.6 Å². The van der Waals surface area contributed by atoms with Gasteiger partial charge in [-0.25, -0.2) is 0 Å². The summed E-state index contributed by atoms with van der Waals surface area (Å²) in [6.45, 7) is 4.00. The average Bonchev–Trinajstić information content (AvgIpc) is 1.37. The third kappa shape index (κ3) is 1.74. The summed E-state index contributed by atoms with van der Waals surface area (Å²) < 4.78 is 0. The van der Waals surface area contributed by atoms with E-state index in [9.17, 15) is 0 Å². The van der Waals surface area contributed by atoms with Gasteiger partial charge in [-0.3, -0.25) is 0 Å². The summed E-state index contributed by atoms with van der Waals surface area (Å²) in [5.41, 5.74) is 0. The van der Waals surface area contributed by atoms with Crippen LogP contribution in [0.5, 0.6) is 0 Å². The Morgan fingerprint density at radius 3 is 1.50 bits per heavy atom. The SMILES string of the molecule is CC=CC.[3HH]. The molecular formula is C4H10. The van der Waals surface area contributed by atoms with E-state index in [0.717, 1.165) is 0 Å². The van der Waals surface area contributed by atoms with Crippen molar-refractivity contribution in [2.45, 2.75) is 13.8 Å². The molecule has 0 heteroatoms. The van der Waals surface area contributed by atoms with E-state index in [1.165, 1.54) is 0 Å². The molecule has 0 bridgehead atoms. The molecule has 0 rings (SSSR count). The third-order valence-electron chi connectivity index (χ3n) is 0.333. The molecular weight excluding hydrogens is 48.0 g/mol. The highest BCUT2D eigenvalue weighted by molar-refractivity contribution is 4.68. The maximum absolute atomic E-state index is 2.00. The van der Waals surface area contributed by atoms with Crippen molar-refractivity contribution >= 4 is 0 Å². The summed E-state index contributed by atoms with van der Waals surface area (Å²) in [6.07, 6.45) is 4.00. The van der Waals surface area contributed by atoms with E-state index in [0.29, 0.717) is 0 Å². The van der Waals surface area contributed by atoms with Gasteiger partial charge < -0.3 is 0 Å². The number of hydrogen-bond acceptors (Lipinski definition) is 0. The molecule has 0 aromatic heterocycles. The molecule has 0 fully saturated rings. The highest BCUT2D eigenvalue weighted by Crippen LogP contribution is 1.57. The largest absolute Gasteiger partial charge is 0.0919 e. The standard InChI is InChI=1S/C4H8.H2/c1-3-4-2;/h3-4H,1-2H3;1H/i;1+2. The van der Waals surface area contributed by atoms with E-state index in [2.05, 4.69) is 0 Å². The molecule has 0 radical (unpaired) electrons. The van der Waals surface area contributed by atoms with E-state index in [4.69, 9.17) is 0 Å². The van der Waals surface area contributed by atoms with Gasteiger partial charge >= 0.3 is 0 Å². The molecule has 0 aromatic rings. The van der Waals surface area contributed by atoms with Crippen molar-refractivity contribution in [3.8, 4) is 0 Å². The predicted molar refractivity (Wildman–Crippen MR) is 22.6 cm³/mol. The maximum atomic E-state index is 2.00. The summed E-state index contributed by atoms with van der Waals surface area (Å²) in [7, 11) is 0. The lowest BCUT2D eigenvalue weighted by atomic mass is 10.6. The van der Waals surface area contributed by atoms with Crippen molar-refractivity contribution in [1.82, 2.24) is 0 Å². The molecule has 0 aliphatic rings. The molecule has 0 aliphatic carbocycles. The first-order valence-electron chi connectivity index (χ1n) is 1.49. The normalized spacial score (nSPS) is 9.50. The summed E-state index contributed by atoms with van der Waals surface area (Å²) in [5, 5.41) is 0. The van der Waals surface area contributed by atoms with Gasteiger partial charge in [-0.1, -0.05) is 12.2 Å². The number of allylic oxidation sites excluding steroid dienone is 2. The van der Waals surface area contributed by atoms with Crippen LogP contribution < -0.4 is 0 Å². The van der Waals surface area contributed by atoms with E-state index < -0.39 is 0 Å². The van der Waals surface area contributed by atoms with Crippen LogP contribution in [0.15, 0.2) is 12.2 Å². The second-order valence-corrected chi connectivity index (χ2v) is 0.667. The predicted octanol–water partition coefficient (Wildman–Crippen LogP) is 1.83. The lowest BCUT2D eigenvalue weighted by Crippen LogP contribution is -1.26. The molecule has 0 spiro atoms. The van der Waals surface area contributed by atoms with Crippen molar-refractivity contribution in [2.24, 2.45) is 0 Å². The Kier molecular flexibility index (Phi) is 2.56. The average molecular weight is 60.1 g/mol. The van der Waals surface area contributed by atoms with E-state index in [-0.39, 0.29) is 1.43 Å². The minimum atomic E-state index is 0. The molecule has 0 unspecified atom stereocenters. The first-order valence-corrected chi connectivity index (χ1v) is 1.49. The van der Waals surface area contributed by atoms with Crippen LogP contribution in [0.3, 0.4) is 0 Å². The van der Waals surface area contributed by atoms with Gasteiger partial charge in [0.1, 0.15) is 0 Å². The zero-order chi connectivity index (χ0) is 3.41. The zero-order valence-electron chi connectivity index (χ0n) is 3.15. The molecule has 0 atom stereocenters. The first-order chi connectivity index (χ1) is 1.91. The molecule has 0 N–H and O–H groups in total. The maximum Gasteiger partial charge on any atom is 0 e. The van der Waals surface area contributed by atoms with Gasteiger partial charge in [-0.2, -0.15) is 0 Å². The minimum Gasteiger partial charge on any atom is -0.0919 e. The molecule has 0 nitrogen and oxygen atoms in total. The Bertz CT molecular complexity index is 18.8. The van der Waals surface area contributed by atoms with Crippen LogP contribution in [0.4, 0.5) is 0 Å². The molecule has 0 heterocycles. The smallest absolute Gasteiger partial charge is 0 e. The third-order valence-corrected chi connectivity index (χ3v) is 0.333. The van der Waals surface area contributed by atoms with Gasteiger partial charge in [0.2, 0.25) is 0 Å². The van der Waals surface area contributed by atoms with Gasteiger partial charge in [0, 0.05) is 1.43 Å². The van der Waals surface area contributed by atoms with Crippen molar-refractivity contribution in [3.05, 3.63) is 12.2 Å². The highest BCUT2D eigenvalue weighted by atomic mass is 13.4. The fourth-order valence-electron chi connectivity index (χ4n) is 0. The zero-order valence-corrected chi connectivity index (χ0v) is 3.15. The highest BCUT2D eigenvalue weighted by Gasteiger charge is 1.34. The van der Waals surface area contributed by atoms with Crippen LogP contribution in [-0.2, 0) is 0 Å². The topological polar surface area (TPSA) is 0 Å². The molecule has 0 saturated heterocycles. The van der Waals surface area contributed by atoms with Crippen LogP contribution in [-0.4, -0.2) is 0 Å². The van der Waals surface area contributed by atoms with Crippen LogP contribution in [0.2, 0.25) is 0 Å². The van der Waals surface area contributed by atoms with Crippen LogP contribution >= 0.6 is 0 Å². The molecule has 0 aromatic carbocycles. The lowest BCUT2D eigenvalue weighted by Gasteiger charge is -1.49. The van der Waals surface area contributed by atoms with Crippen LogP contribution in [0, 0.1) is 0 Å². The Balaban J connectivity index is 0. The van der Waals surface area contributed by atoms with Gasteiger partial charge in [0.25, 0.3) is 0 Å². The lowest BCUT2D eigenvalue weighted by molar-refractivity contribution is 1.64. The summed E-state index contributed by atoms with van der Waals surface area (Å²) in [4.78, 5) is 0. The molecule has 4 heavy (non-hydrogen) atoms. The monoisotopic (exact) mass is 60.1 g/mol. The first kappa shape index (κ1) is 3.74. The second kappa shape index (κ2) is 2.74. The van der Waals surface area contributed by atoms with E-state index >= 15 is 0 Å². The fraction of sp³-hybridized carbons (Fsp3) is 0.500. The quantitative estimate of drug-likeness (QED) is 0.374. The van der Waals surface area contributed by atoms with Crippen LogP contribution in [0.1, 0.15) is 15.3 Å². The number of hydrogen-bond donors (Lipinski definition) is 0. The molecule has 0 saturated carbocycles. The van der Waals surface area contributed by atoms with E-state index in [1.807, 2.05) is 26.0 Å². The van der Waals surface area contributed by atoms with Gasteiger partial charge in [0.15, 0.2) is 0 Å². The Morgan fingerprint density at radius 2 is 1.50 bits per heavy atom. The Morgan fingerprint density at radius 1 is 1.25 bits per heavy atom. The van der Waals surface area contributed by atoms with Crippen molar-refractivity contribution in [1.29, 1.82) is 0 Å². The van der Waals surface area contributed by atoms with Gasteiger partial charge in [-0.15, -0.1) is 0 Å². The summed E-state index contributed by atoms with van der Waals surface area (Å²) in [6, 6.07) is 0. The van der Waals surface area contributed by atoms with Crippen molar-refractivity contribution in [2.75, 3.05) is 0 Å². The summed E-state index contributed by atoms with van der Waals surface area (Å²) in [5.74, 6) is 0. The molecule has 0 amide bonds. The van der Waals surface area contributed by atoms with Crippen molar-refractivity contribution < 1.29 is 1.43 Å². The van der Waals surface area contributed by atoms with Gasteiger partial charge in [-0.05, 0) is 13.8 Å². The van der Waals surface area contributed by atoms with Crippen molar-refractivity contribution in [3.63, 3.8) is 0 Å². The summed E-state index contributed by atoms with van der Waals surface area (Å²) >= 11 is 0. The second-order valence-electron chi connectivity index (χ2n) is 0.667.